The molecule has 6 nitrogen and oxygen atoms in total. The van der Waals surface area contributed by atoms with Crippen molar-refractivity contribution < 1.29 is 14.7 Å². The van der Waals surface area contributed by atoms with E-state index in [0.717, 1.165) is 17.1 Å². The minimum absolute atomic E-state index is 0.271. The van der Waals surface area contributed by atoms with Crippen LogP contribution in [0.4, 0.5) is 0 Å². The van der Waals surface area contributed by atoms with Gasteiger partial charge in [-0.3, -0.25) is 9.59 Å². The van der Waals surface area contributed by atoms with E-state index in [2.05, 4.69) is 15.6 Å². The standard InChI is InChI=1S/C16H19N3O3S/c1-2-14-18-12(10-23-14)8-17-16(22)13(9-20)19-15(21)11-6-4-3-5-7-11/h3-7,10,13,20H,2,8-9H2,1H3,(H,17,22)(H,19,21)/t13-/m1/s1. The minimum Gasteiger partial charge on any atom is -0.394 e. The zero-order valence-electron chi connectivity index (χ0n) is 12.8. The van der Waals surface area contributed by atoms with Crippen molar-refractivity contribution in [1.29, 1.82) is 0 Å². The Balaban J connectivity index is 1.89. The first-order valence-corrected chi connectivity index (χ1v) is 8.19. The molecule has 1 aromatic heterocycles. The van der Waals surface area contributed by atoms with Crippen LogP contribution < -0.4 is 10.6 Å². The number of amides is 2. The fourth-order valence-corrected chi connectivity index (χ4v) is 2.66. The van der Waals surface area contributed by atoms with Crippen molar-refractivity contribution in [3.05, 3.63) is 52.0 Å². The summed E-state index contributed by atoms with van der Waals surface area (Å²) in [6.07, 6.45) is 0.852. The first-order chi connectivity index (χ1) is 11.1. The molecule has 1 aromatic carbocycles. The van der Waals surface area contributed by atoms with Crippen LogP contribution in [0.1, 0.15) is 28.0 Å². The molecule has 0 saturated heterocycles. The second-order valence-corrected chi connectivity index (χ2v) is 5.82. The lowest BCUT2D eigenvalue weighted by atomic mass is 10.2. The van der Waals surface area contributed by atoms with E-state index < -0.39 is 24.5 Å². The van der Waals surface area contributed by atoms with Crippen molar-refractivity contribution in [3.63, 3.8) is 0 Å². The number of aryl methyl sites for hydroxylation is 1. The molecule has 1 heterocycles. The summed E-state index contributed by atoms with van der Waals surface area (Å²) >= 11 is 1.54. The van der Waals surface area contributed by atoms with Crippen LogP contribution in [-0.4, -0.2) is 34.6 Å². The maximum atomic E-state index is 12.1. The summed E-state index contributed by atoms with van der Waals surface area (Å²) in [6.45, 7) is 1.82. The van der Waals surface area contributed by atoms with Gasteiger partial charge in [0.15, 0.2) is 0 Å². The van der Waals surface area contributed by atoms with Crippen LogP contribution >= 0.6 is 11.3 Å². The van der Waals surface area contributed by atoms with Crippen molar-refractivity contribution in [1.82, 2.24) is 15.6 Å². The molecule has 23 heavy (non-hydrogen) atoms. The van der Waals surface area contributed by atoms with Gasteiger partial charge in [-0.2, -0.15) is 0 Å². The van der Waals surface area contributed by atoms with Gasteiger partial charge in [-0.15, -0.1) is 11.3 Å². The number of aromatic nitrogens is 1. The molecule has 122 valence electrons. The van der Waals surface area contributed by atoms with E-state index in [0.29, 0.717) is 5.56 Å². The van der Waals surface area contributed by atoms with Crippen molar-refractivity contribution >= 4 is 23.2 Å². The Hall–Kier alpha value is -2.25. The lowest BCUT2D eigenvalue weighted by molar-refractivity contribution is -0.124. The second-order valence-electron chi connectivity index (χ2n) is 4.88. The van der Waals surface area contributed by atoms with Crippen LogP contribution in [0, 0.1) is 0 Å². The normalized spacial score (nSPS) is 11.7. The number of carbonyl (C=O) groups excluding carboxylic acids is 2. The highest BCUT2D eigenvalue weighted by Gasteiger charge is 2.20. The summed E-state index contributed by atoms with van der Waals surface area (Å²) < 4.78 is 0. The molecule has 0 spiro atoms. The zero-order chi connectivity index (χ0) is 16.7. The molecule has 1 atom stereocenters. The molecule has 2 rings (SSSR count). The van der Waals surface area contributed by atoms with Gasteiger partial charge in [0.25, 0.3) is 5.91 Å². The summed E-state index contributed by atoms with van der Waals surface area (Å²) in [6, 6.07) is 7.55. The Morgan fingerprint density at radius 3 is 2.65 bits per heavy atom. The Labute approximate surface area is 138 Å². The fourth-order valence-electron chi connectivity index (χ4n) is 1.92. The average molecular weight is 333 g/mol. The number of hydrogen-bond acceptors (Lipinski definition) is 5. The van der Waals surface area contributed by atoms with Crippen molar-refractivity contribution in [2.75, 3.05) is 6.61 Å². The molecular formula is C16H19N3O3S. The number of hydrogen-bond donors (Lipinski definition) is 3. The van der Waals surface area contributed by atoms with Crippen LogP contribution in [0.2, 0.25) is 0 Å². The molecule has 2 amide bonds. The Kier molecular flexibility index (Phi) is 6.25. The molecule has 0 unspecified atom stereocenters. The van der Waals surface area contributed by atoms with E-state index in [-0.39, 0.29) is 6.54 Å². The highest BCUT2D eigenvalue weighted by Crippen LogP contribution is 2.09. The Bertz CT molecular complexity index is 658. The van der Waals surface area contributed by atoms with Crippen LogP contribution in [0.3, 0.4) is 0 Å². The van der Waals surface area contributed by atoms with Crippen LogP contribution in [-0.2, 0) is 17.8 Å². The van der Waals surface area contributed by atoms with Crippen molar-refractivity contribution in [2.45, 2.75) is 25.9 Å². The second kappa shape index (κ2) is 8.40. The number of rotatable bonds is 7. The van der Waals surface area contributed by atoms with E-state index in [1.54, 1.807) is 41.7 Å². The smallest absolute Gasteiger partial charge is 0.251 e. The number of nitrogens with one attached hydrogen (secondary N) is 2. The highest BCUT2D eigenvalue weighted by molar-refractivity contribution is 7.09. The molecule has 0 fully saturated rings. The average Bonchev–Trinajstić information content (AvgIpc) is 3.06. The first kappa shape index (κ1) is 17.1. The number of aliphatic hydroxyl groups excluding tert-OH is 1. The van der Waals surface area contributed by atoms with E-state index in [1.807, 2.05) is 12.3 Å². The zero-order valence-corrected chi connectivity index (χ0v) is 13.6. The van der Waals surface area contributed by atoms with E-state index in [1.165, 1.54) is 0 Å². The molecule has 0 radical (unpaired) electrons. The largest absolute Gasteiger partial charge is 0.394 e. The molecule has 0 saturated carbocycles. The molecule has 0 aliphatic carbocycles. The van der Waals surface area contributed by atoms with Crippen molar-refractivity contribution in [3.8, 4) is 0 Å². The predicted molar refractivity (Wildman–Crippen MR) is 88.1 cm³/mol. The molecular weight excluding hydrogens is 314 g/mol. The fraction of sp³-hybridized carbons (Fsp3) is 0.312. The summed E-state index contributed by atoms with van der Waals surface area (Å²) in [7, 11) is 0. The lowest BCUT2D eigenvalue weighted by Gasteiger charge is -2.15. The third kappa shape index (κ3) is 4.87. The molecule has 0 aliphatic heterocycles. The van der Waals surface area contributed by atoms with Crippen LogP contribution in [0.5, 0.6) is 0 Å². The van der Waals surface area contributed by atoms with Gasteiger partial charge in [-0.05, 0) is 18.6 Å². The number of carbonyl (C=O) groups is 2. The van der Waals surface area contributed by atoms with Gasteiger partial charge in [0.1, 0.15) is 6.04 Å². The summed E-state index contributed by atoms with van der Waals surface area (Å²) in [4.78, 5) is 28.5. The van der Waals surface area contributed by atoms with Crippen LogP contribution in [0.15, 0.2) is 35.7 Å². The quantitative estimate of drug-likeness (QED) is 0.708. The summed E-state index contributed by atoms with van der Waals surface area (Å²) in [5.74, 6) is -0.843. The summed E-state index contributed by atoms with van der Waals surface area (Å²) in [5, 5.41) is 17.4. The van der Waals surface area contributed by atoms with E-state index in [4.69, 9.17) is 0 Å². The van der Waals surface area contributed by atoms with Gasteiger partial charge in [-0.25, -0.2) is 4.98 Å². The number of nitrogens with zero attached hydrogens (tertiary/aromatic N) is 1. The van der Waals surface area contributed by atoms with Gasteiger partial charge >= 0.3 is 0 Å². The van der Waals surface area contributed by atoms with E-state index >= 15 is 0 Å². The first-order valence-electron chi connectivity index (χ1n) is 7.31. The van der Waals surface area contributed by atoms with E-state index in [9.17, 15) is 14.7 Å². The van der Waals surface area contributed by atoms with Crippen molar-refractivity contribution in [2.24, 2.45) is 0 Å². The summed E-state index contributed by atoms with van der Waals surface area (Å²) in [5.41, 5.74) is 1.21. The third-order valence-electron chi connectivity index (χ3n) is 3.19. The highest BCUT2D eigenvalue weighted by atomic mass is 32.1. The van der Waals surface area contributed by atoms with Gasteiger partial charge in [-0.1, -0.05) is 25.1 Å². The lowest BCUT2D eigenvalue weighted by Crippen LogP contribution is -2.48. The molecule has 3 N–H and O–H groups in total. The van der Waals surface area contributed by atoms with Gasteiger partial charge in [0, 0.05) is 10.9 Å². The maximum Gasteiger partial charge on any atom is 0.251 e. The van der Waals surface area contributed by atoms with Gasteiger partial charge < -0.3 is 15.7 Å². The molecule has 0 bridgehead atoms. The maximum absolute atomic E-state index is 12.1. The Morgan fingerprint density at radius 2 is 2.04 bits per heavy atom. The minimum atomic E-state index is -0.994. The monoisotopic (exact) mass is 333 g/mol. The molecule has 0 aliphatic rings. The predicted octanol–water partition coefficient (Wildman–Crippen LogP) is 1.11. The topological polar surface area (TPSA) is 91.3 Å². The molecule has 7 heteroatoms. The van der Waals surface area contributed by atoms with Crippen LogP contribution in [0.25, 0.3) is 0 Å². The number of thiazole rings is 1. The number of aliphatic hydroxyl groups is 1. The Morgan fingerprint density at radius 1 is 1.30 bits per heavy atom. The van der Waals surface area contributed by atoms with Gasteiger partial charge in [0.2, 0.25) is 5.91 Å². The SMILES string of the molecule is CCc1nc(CNC(=O)[C@@H](CO)NC(=O)c2ccccc2)cs1. The number of benzene rings is 1. The van der Waals surface area contributed by atoms with Gasteiger partial charge in [0.05, 0.1) is 23.9 Å². The third-order valence-corrected chi connectivity index (χ3v) is 4.23. The molecule has 2 aromatic rings.